The fourth-order valence-corrected chi connectivity index (χ4v) is 4.55. The van der Waals surface area contributed by atoms with Gasteiger partial charge in [-0.15, -0.1) is 0 Å². The molecule has 0 bridgehead atoms. The molecule has 0 aliphatic carbocycles. The van der Waals surface area contributed by atoms with Crippen LogP contribution in [-0.4, -0.2) is 32.7 Å². The lowest BCUT2D eigenvalue weighted by Crippen LogP contribution is -2.29. The molecular formula is C23H21F3N2O3S2. The summed E-state index contributed by atoms with van der Waals surface area (Å²) in [6.45, 7) is 0.389. The van der Waals surface area contributed by atoms with Crippen LogP contribution >= 0.6 is 24.0 Å². The molecule has 1 aliphatic heterocycles. The van der Waals surface area contributed by atoms with E-state index in [4.69, 9.17) is 12.2 Å². The highest BCUT2D eigenvalue weighted by atomic mass is 32.2. The van der Waals surface area contributed by atoms with Gasteiger partial charge >= 0.3 is 6.18 Å². The molecule has 2 amide bonds. The number of unbranched alkanes of at least 4 members (excludes halogenated alkanes) is 2. The Balaban J connectivity index is 1.44. The summed E-state index contributed by atoms with van der Waals surface area (Å²) in [5.41, 5.74) is -0.453. The molecule has 0 unspecified atom stereocenters. The van der Waals surface area contributed by atoms with E-state index in [-0.39, 0.29) is 23.8 Å². The number of nitrogens with one attached hydrogen (secondary N) is 1. The molecule has 2 aromatic rings. The number of phenols is 1. The molecule has 1 aliphatic rings. The Morgan fingerprint density at radius 1 is 1.12 bits per heavy atom. The Bertz CT molecular complexity index is 1090. The minimum Gasteiger partial charge on any atom is -0.508 e. The molecule has 2 N–H and O–H groups in total. The summed E-state index contributed by atoms with van der Waals surface area (Å²) in [5.74, 6) is -0.605. The average molecular weight is 495 g/mol. The summed E-state index contributed by atoms with van der Waals surface area (Å²) in [6, 6.07) is 11.4. The lowest BCUT2D eigenvalue weighted by Gasteiger charge is -2.14. The third-order valence-electron chi connectivity index (χ3n) is 4.83. The van der Waals surface area contributed by atoms with E-state index in [1.54, 1.807) is 24.3 Å². The fourth-order valence-electron chi connectivity index (χ4n) is 3.24. The Labute approximate surface area is 198 Å². The molecule has 5 nitrogen and oxygen atoms in total. The molecule has 0 aromatic heterocycles. The zero-order valence-electron chi connectivity index (χ0n) is 17.4. The molecule has 2 aromatic carbocycles. The number of halogens is 3. The van der Waals surface area contributed by atoms with Gasteiger partial charge in [-0.3, -0.25) is 14.5 Å². The van der Waals surface area contributed by atoms with E-state index in [0.29, 0.717) is 40.6 Å². The van der Waals surface area contributed by atoms with Crippen molar-refractivity contribution in [1.82, 2.24) is 4.90 Å². The SMILES string of the molecule is O=C(CCCCCN1C(=O)/C(=C/c2cccc(O)c2)SC1=S)Nc1ccccc1C(F)(F)F. The number of nitrogens with zero attached hydrogens (tertiary/aromatic N) is 1. The van der Waals surface area contributed by atoms with Crippen molar-refractivity contribution in [2.24, 2.45) is 0 Å². The molecule has 1 fully saturated rings. The van der Waals surface area contributed by atoms with Gasteiger partial charge in [0, 0.05) is 13.0 Å². The molecule has 174 valence electrons. The Hall–Kier alpha value is -2.85. The number of rotatable bonds is 8. The van der Waals surface area contributed by atoms with Crippen LogP contribution in [0.1, 0.15) is 36.8 Å². The van der Waals surface area contributed by atoms with E-state index in [1.807, 2.05) is 0 Å². The first-order chi connectivity index (χ1) is 15.6. The number of aromatic hydroxyl groups is 1. The maximum Gasteiger partial charge on any atom is 0.418 e. The third-order valence-corrected chi connectivity index (χ3v) is 6.21. The Morgan fingerprint density at radius 3 is 2.61 bits per heavy atom. The largest absolute Gasteiger partial charge is 0.508 e. The second kappa shape index (κ2) is 10.8. The number of benzene rings is 2. The number of hydrogen-bond acceptors (Lipinski definition) is 5. The highest BCUT2D eigenvalue weighted by Gasteiger charge is 2.33. The van der Waals surface area contributed by atoms with Crippen LogP contribution in [0.25, 0.3) is 6.08 Å². The van der Waals surface area contributed by atoms with Gasteiger partial charge in [-0.1, -0.05) is 54.7 Å². The van der Waals surface area contributed by atoms with E-state index in [9.17, 15) is 27.9 Å². The molecule has 1 saturated heterocycles. The van der Waals surface area contributed by atoms with Crippen LogP contribution < -0.4 is 5.32 Å². The van der Waals surface area contributed by atoms with Crippen molar-refractivity contribution in [3.63, 3.8) is 0 Å². The van der Waals surface area contributed by atoms with Crippen molar-refractivity contribution in [1.29, 1.82) is 0 Å². The Kier molecular flexibility index (Phi) is 8.15. The number of hydrogen-bond donors (Lipinski definition) is 2. The number of amides is 2. The quantitative estimate of drug-likeness (QED) is 0.275. The van der Waals surface area contributed by atoms with Gasteiger partial charge in [0.15, 0.2) is 0 Å². The van der Waals surface area contributed by atoms with Crippen LogP contribution in [0.15, 0.2) is 53.4 Å². The highest BCUT2D eigenvalue weighted by Crippen LogP contribution is 2.35. The molecule has 0 atom stereocenters. The predicted molar refractivity (Wildman–Crippen MR) is 127 cm³/mol. The molecular weight excluding hydrogens is 473 g/mol. The van der Waals surface area contributed by atoms with Crippen molar-refractivity contribution >= 4 is 51.9 Å². The zero-order chi connectivity index (χ0) is 24.0. The van der Waals surface area contributed by atoms with Gasteiger partial charge in [-0.2, -0.15) is 13.2 Å². The number of carbonyl (C=O) groups is 2. The van der Waals surface area contributed by atoms with Gasteiger partial charge in [-0.05, 0) is 48.7 Å². The van der Waals surface area contributed by atoms with Crippen LogP contribution in [0.2, 0.25) is 0 Å². The third kappa shape index (κ3) is 6.82. The first-order valence-electron chi connectivity index (χ1n) is 10.2. The van der Waals surface area contributed by atoms with Gasteiger partial charge in [0.05, 0.1) is 16.2 Å². The topological polar surface area (TPSA) is 69.6 Å². The number of thiocarbonyl (C=S) groups is 1. The number of carbonyl (C=O) groups excluding carboxylic acids is 2. The first-order valence-corrected chi connectivity index (χ1v) is 11.4. The summed E-state index contributed by atoms with van der Waals surface area (Å²) in [6.07, 6.45) is -1.13. The summed E-state index contributed by atoms with van der Waals surface area (Å²) in [4.78, 5) is 26.6. The van der Waals surface area contributed by atoms with Gasteiger partial charge in [0.25, 0.3) is 5.91 Å². The molecule has 0 radical (unpaired) electrons. The molecule has 3 rings (SSSR count). The van der Waals surface area contributed by atoms with Gasteiger partial charge < -0.3 is 10.4 Å². The van der Waals surface area contributed by atoms with Crippen LogP contribution in [0.3, 0.4) is 0 Å². The van der Waals surface area contributed by atoms with E-state index >= 15 is 0 Å². The maximum atomic E-state index is 13.0. The van der Waals surface area contributed by atoms with Crippen molar-refractivity contribution in [2.75, 3.05) is 11.9 Å². The molecule has 10 heteroatoms. The number of para-hydroxylation sites is 1. The van der Waals surface area contributed by atoms with Gasteiger partial charge in [0.1, 0.15) is 10.1 Å². The lowest BCUT2D eigenvalue weighted by molar-refractivity contribution is -0.137. The fraction of sp³-hybridized carbons (Fsp3) is 0.261. The predicted octanol–water partition coefficient (Wildman–Crippen LogP) is 5.81. The minimum atomic E-state index is -4.54. The lowest BCUT2D eigenvalue weighted by atomic mass is 10.1. The number of thioether (sulfide) groups is 1. The van der Waals surface area contributed by atoms with Crippen LogP contribution in [0.4, 0.5) is 18.9 Å². The van der Waals surface area contributed by atoms with E-state index in [1.165, 1.54) is 40.9 Å². The van der Waals surface area contributed by atoms with Crippen LogP contribution in [0, 0.1) is 0 Å². The summed E-state index contributed by atoms with van der Waals surface area (Å²) in [7, 11) is 0. The summed E-state index contributed by atoms with van der Waals surface area (Å²) < 4.78 is 39.5. The van der Waals surface area contributed by atoms with E-state index in [2.05, 4.69) is 5.32 Å². The van der Waals surface area contributed by atoms with Crippen molar-refractivity contribution < 1.29 is 27.9 Å². The van der Waals surface area contributed by atoms with Crippen LogP contribution in [-0.2, 0) is 15.8 Å². The molecule has 0 saturated carbocycles. The average Bonchev–Trinajstić information content (AvgIpc) is 3.00. The Morgan fingerprint density at radius 2 is 1.88 bits per heavy atom. The normalized spacial score (nSPS) is 15.4. The van der Waals surface area contributed by atoms with Crippen molar-refractivity contribution in [2.45, 2.75) is 31.9 Å². The van der Waals surface area contributed by atoms with Crippen molar-refractivity contribution in [3.8, 4) is 5.75 Å². The first kappa shape index (κ1) is 24.8. The molecule has 1 heterocycles. The zero-order valence-corrected chi connectivity index (χ0v) is 19.0. The van der Waals surface area contributed by atoms with E-state index in [0.717, 1.165) is 6.07 Å². The maximum absolute atomic E-state index is 13.0. The smallest absolute Gasteiger partial charge is 0.418 e. The molecule has 0 spiro atoms. The monoisotopic (exact) mass is 494 g/mol. The van der Waals surface area contributed by atoms with Gasteiger partial charge in [0.2, 0.25) is 5.91 Å². The second-order valence-electron chi connectivity index (χ2n) is 7.33. The minimum absolute atomic E-state index is 0.0714. The van der Waals surface area contributed by atoms with E-state index < -0.39 is 17.6 Å². The number of alkyl halides is 3. The summed E-state index contributed by atoms with van der Waals surface area (Å²) >= 11 is 6.48. The summed E-state index contributed by atoms with van der Waals surface area (Å²) in [5, 5.41) is 11.9. The number of anilines is 1. The second-order valence-corrected chi connectivity index (χ2v) is 9.01. The van der Waals surface area contributed by atoms with Crippen LogP contribution in [0.5, 0.6) is 5.75 Å². The standard InChI is InChI=1S/C23H21F3N2O3S2/c24-23(25,26)17-9-3-4-10-18(17)27-20(30)11-2-1-5-12-28-21(31)19(33-22(28)32)14-15-7-6-8-16(29)13-15/h3-4,6-10,13-14,29H,1-2,5,11-12H2,(H,27,30)/b19-14-. The highest BCUT2D eigenvalue weighted by molar-refractivity contribution is 8.26. The number of phenolic OH excluding ortho intramolecular Hbond substituents is 1. The molecule has 33 heavy (non-hydrogen) atoms. The van der Waals surface area contributed by atoms with Crippen molar-refractivity contribution in [3.05, 3.63) is 64.6 Å². The van der Waals surface area contributed by atoms with Gasteiger partial charge in [-0.25, -0.2) is 0 Å².